The van der Waals surface area contributed by atoms with E-state index in [1.165, 1.54) is 0 Å². The Balaban J connectivity index is 1.98. The van der Waals surface area contributed by atoms with E-state index >= 15 is 0 Å². The monoisotopic (exact) mass is 298 g/mol. The van der Waals surface area contributed by atoms with Crippen molar-refractivity contribution in [3.63, 3.8) is 0 Å². The van der Waals surface area contributed by atoms with Gasteiger partial charge < -0.3 is 15.8 Å². The lowest BCUT2D eigenvalue weighted by molar-refractivity contribution is 0.102. The van der Waals surface area contributed by atoms with Crippen molar-refractivity contribution in [1.29, 1.82) is 0 Å². The highest BCUT2D eigenvalue weighted by Crippen LogP contribution is 2.18. The van der Waals surface area contributed by atoms with Crippen LogP contribution in [0, 0.1) is 6.92 Å². The predicted octanol–water partition coefficient (Wildman–Crippen LogP) is 4.01. The lowest BCUT2D eigenvalue weighted by Crippen LogP contribution is -2.12. The quantitative estimate of drug-likeness (QED) is 0.625. The number of nitrogens with two attached hydrogens (primary N) is 1. The van der Waals surface area contributed by atoms with E-state index in [9.17, 15) is 4.79 Å². The van der Waals surface area contributed by atoms with E-state index in [0.717, 1.165) is 24.2 Å². The largest absolute Gasteiger partial charge is 0.494 e. The molecule has 0 aliphatic carbocycles. The van der Waals surface area contributed by atoms with Gasteiger partial charge in [0.2, 0.25) is 0 Å². The normalized spacial score (nSPS) is 10.3. The van der Waals surface area contributed by atoms with Gasteiger partial charge in [-0.05, 0) is 55.3 Å². The van der Waals surface area contributed by atoms with Crippen LogP contribution in [-0.2, 0) is 0 Å². The van der Waals surface area contributed by atoms with Gasteiger partial charge in [0.25, 0.3) is 5.91 Å². The molecular weight excluding hydrogens is 276 g/mol. The van der Waals surface area contributed by atoms with Gasteiger partial charge in [-0.15, -0.1) is 0 Å². The van der Waals surface area contributed by atoms with Gasteiger partial charge >= 0.3 is 0 Å². The summed E-state index contributed by atoms with van der Waals surface area (Å²) in [5.41, 5.74) is 8.78. The first-order chi connectivity index (χ1) is 10.6. The average molecular weight is 298 g/mol. The predicted molar refractivity (Wildman–Crippen MR) is 90.4 cm³/mol. The van der Waals surface area contributed by atoms with Gasteiger partial charge in [-0.3, -0.25) is 4.79 Å². The number of benzene rings is 2. The smallest absolute Gasteiger partial charge is 0.255 e. The number of carbonyl (C=O) groups is 1. The van der Waals surface area contributed by atoms with Crippen LogP contribution in [0.4, 0.5) is 11.4 Å². The number of nitrogen functional groups attached to an aromatic ring is 1. The Morgan fingerprint density at radius 2 is 1.91 bits per heavy atom. The number of unbranched alkanes of at least 4 members (excludes halogenated alkanes) is 1. The van der Waals surface area contributed by atoms with Crippen LogP contribution in [0.2, 0.25) is 0 Å². The van der Waals surface area contributed by atoms with Crippen molar-refractivity contribution < 1.29 is 9.53 Å². The van der Waals surface area contributed by atoms with Crippen LogP contribution in [0.3, 0.4) is 0 Å². The first-order valence-corrected chi connectivity index (χ1v) is 7.50. The molecule has 0 fully saturated rings. The first kappa shape index (κ1) is 15.9. The van der Waals surface area contributed by atoms with E-state index in [1.807, 2.05) is 31.2 Å². The third-order valence-electron chi connectivity index (χ3n) is 3.42. The molecule has 0 saturated carbocycles. The molecule has 22 heavy (non-hydrogen) atoms. The summed E-state index contributed by atoms with van der Waals surface area (Å²) >= 11 is 0. The molecule has 0 bridgehead atoms. The van der Waals surface area contributed by atoms with Crippen molar-refractivity contribution in [2.75, 3.05) is 17.7 Å². The lowest BCUT2D eigenvalue weighted by atomic mass is 10.1. The standard InChI is InChI=1S/C18H22N2O2/c1-3-4-11-22-16-9-6-14(7-10-16)18(21)20-15-8-5-13(2)17(19)12-15/h5-10,12H,3-4,11,19H2,1-2H3,(H,20,21). The van der Waals surface area contributed by atoms with E-state index in [1.54, 1.807) is 18.2 Å². The number of hydrogen-bond acceptors (Lipinski definition) is 3. The molecule has 0 saturated heterocycles. The molecule has 0 aliphatic heterocycles. The molecule has 3 N–H and O–H groups in total. The van der Waals surface area contributed by atoms with E-state index < -0.39 is 0 Å². The maximum atomic E-state index is 12.2. The van der Waals surface area contributed by atoms with Crippen molar-refractivity contribution in [1.82, 2.24) is 0 Å². The fourth-order valence-corrected chi connectivity index (χ4v) is 1.96. The first-order valence-electron chi connectivity index (χ1n) is 7.50. The van der Waals surface area contributed by atoms with Crippen molar-refractivity contribution in [2.45, 2.75) is 26.7 Å². The molecule has 0 spiro atoms. The Labute approximate surface area is 131 Å². The van der Waals surface area contributed by atoms with Crippen LogP contribution >= 0.6 is 0 Å². The second-order valence-electron chi connectivity index (χ2n) is 5.25. The minimum Gasteiger partial charge on any atom is -0.494 e. The molecule has 2 aromatic carbocycles. The zero-order chi connectivity index (χ0) is 15.9. The van der Waals surface area contributed by atoms with Crippen molar-refractivity contribution in [3.8, 4) is 5.75 Å². The number of nitrogens with one attached hydrogen (secondary N) is 1. The third-order valence-corrected chi connectivity index (χ3v) is 3.42. The molecule has 0 unspecified atom stereocenters. The van der Waals surface area contributed by atoms with Gasteiger partial charge in [-0.2, -0.15) is 0 Å². The Hall–Kier alpha value is -2.49. The number of ether oxygens (including phenoxy) is 1. The SMILES string of the molecule is CCCCOc1ccc(C(=O)Nc2ccc(C)c(N)c2)cc1. The lowest BCUT2D eigenvalue weighted by Gasteiger charge is -2.09. The van der Waals surface area contributed by atoms with Crippen LogP contribution in [0.5, 0.6) is 5.75 Å². The van der Waals surface area contributed by atoms with Gasteiger partial charge in [-0.1, -0.05) is 19.4 Å². The summed E-state index contributed by atoms with van der Waals surface area (Å²) in [6.45, 7) is 4.75. The highest BCUT2D eigenvalue weighted by atomic mass is 16.5. The Bertz CT molecular complexity index is 636. The molecule has 1 amide bonds. The highest BCUT2D eigenvalue weighted by molar-refractivity contribution is 6.04. The van der Waals surface area contributed by atoms with Crippen molar-refractivity contribution >= 4 is 17.3 Å². The Morgan fingerprint density at radius 3 is 2.55 bits per heavy atom. The second kappa shape index (κ2) is 7.50. The number of carbonyl (C=O) groups excluding carboxylic acids is 1. The van der Waals surface area contributed by atoms with Crippen LogP contribution in [-0.4, -0.2) is 12.5 Å². The molecular formula is C18H22N2O2. The maximum absolute atomic E-state index is 12.2. The van der Waals surface area contributed by atoms with Gasteiger partial charge in [0.1, 0.15) is 5.75 Å². The van der Waals surface area contributed by atoms with Crippen LogP contribution in [0.25, 0.3) is 0 Å². The maximum Gasteiger partial charge on any atom is 0.255 e. The Morgan fingerprint density at radius 1 is 1.18 bits per heavy atom. The summed E-state index contributed by atoms with van der Waals surface area (Å²) < 4.78 is 5.58. The third kappa shape index (κ3) is 4.25. The van der Waals surface area contributed by atoms with Crippen LogP contribution in [0.15, 0.2) is 42.5 Å². The molecule has 0 aromatic heterocycles. The minimum absolute atomic E-state index is 0.164. The van der Waals surface area contributed by atoms with E-state index in [4.69, 9.17) is 10.5 Å². The minimum atomic E-state index is -0.164. The molecule has 4 nitrogen and oxygen atoms in total. The summed E-state index contributed by atoms with van der Waals surface area (Å²) in [6.07, 6.45) is 2.12. The van der Waals surface area contributed by atoms with E-state index in [2.05, 4.69) is 12.2 Å². The molecule has 0 atom stereocenters. The molecule has 2 rings (SSSR count). The fraction of sp³-hybridized carbons (Fsp3) is 0.278. The Kier molecular flexibility index (Phi) is 5.42. The fourth-order valence-electron chi connectivity index (χ4n) is 1.96. The molecule has 2 aromatic rings. The second-order valence-corrected chi connectivity index (χ2v) is 5.25. The van der Waals surface area contributed by atoms with Gasteiger partial charge in [0.15, 0.2) is 0 Å². The summed E-state index contributed by atoms with van der Waals surface area (Å²) in [4.78, 5) is 12.2. The zero-order valence-corrected chi connectivity index (χ0v) is 13.1. The summed E-state index contributed by atoms with van der Waals surface area (Å²) in [5.74, 6) is 0.618. The number of hydrogen-bond donors (Lipinski definition) is 2. The molecule has 4 heteroatoms. The number of amides is 1. The average Bonchev–Trinajstić information content (AvgIpc) is 2.52. The number of aryl methyl sites for hydroxylation is 1. The van der Waals surface area contributed by atoms with Gasteiger partial charge in [0, 0.05) is 16.9 Å². The van der Waals surface area contributed by atoms with Gasteiger partial charge in [0.05, 0.1) is 6.61 Å². The van der Waals surface area contributed by atoms with Crippen LogP contribution < -0.4 is 15.8 Å². The van der Waals surface area contributed by atoms with Crippen molar-refractivity contribution in [2.24, 2.45) is 0 Å². The molecule has 0 aliphatic rings. The number of anilines is 2. The van der Waals surface area contributed by atoms with Crippen LogP contribution in [0.1, 0.15) is 35.7 Å². The van der Waals surface area contributed by atoms with E-state index in [-0.39, 0.29) is 5.91 Å². The highest BCUT2D eigenvalue weighted by Gasteiger charge is 2.07. The van der Waals surface area contributed by atoms with Gasteiger partial charge in [-0.25, -0.2) is 0 Å². The topological polar surface area (TPSA) is 64.3 Å². The van der Waals surface area contributed by atoms with Crippen molar-refractivity contribution in [3.05, 3.63) is 53.6 Å². The molecule has 0 radical (unpaired) electrons. The summed E-state index contributed by atoms with van der Waals surface area (Å²) in [5, 5.41) is 2.84. The number of rotatable bonds is 6. The zero-order valence-electron chi connectivity index (χ0n) is 13.1. The van der Waals surface area contributed by atoms with E-state index in [0.29, 0.717) is 23.5 Å². The summed E-state index contributed by atoms with van der Waals surface area (Å²) in [6, 6.07) is 12.6. The summed E-state index contributed by atoms with van der Waals surface area (Å²) in [7, 11) is 0. The molecule has 116 valence electrons. The molecule has 0 heterocycles.